The molecule has 5 nitrogen and oxygen atoms in total. The Bertz CT molecular complexity index is 339. The van der Waals surface area contributed by atoms with Crippen molar-refractivity contribution < 1.29 is 9.53 Å². The molecule has 1 rings (SSSR count). The van der Waals surface area contributed by atoms with Crippen LogP contribution in [0.2, 0.25) is 0 Å². The monoisotopic (exact) mass is 195 g/mol. The van der Waals surface area contributed by atoms with Crippen molar-refractivity contribution in [2.45, 2.75) is 0 Å². The molecule has 1 aromatic rings. The first kappa shape index (κ1) is 10.2. The topological polar surface area (TPSA) is 76.4 Å². The molecule has 76 valence electrons. The third-order valence-corrected chi connectivity index (χ3v) is 1.70. The lowest BCUT2D eigenvalue weighted by atomic mass is 10.2. The fourth-order valence-electron chi connectivity index (χ4n) is 1.01. The Labute approximate surface area is 82.2 Å². The van der Waals surface area contributed by atoms with Crippen molar-refractivity contribution in [3.05, 3.63) is 18.2 Å². The standard InChI is InChI=1S/C9H13N3O2/c1-11-9(13)12-7-5-6(10)3-4-8(7)14-2/h3-5H,10H2,1-2H3,(H2,11,12,13). The van der Waals surface area contributed by atoms with Crippen LogP contribution in [0.5, 0.6) is 5.75 Å². The maximum absolute atomic E-state index is 11.0. The summed E-state index contributed by atoms with van der Waals surface area (Å²) in [6.07, 6.45) is 0. The van der Waals surface area contributed by atoms with Crippen LogP contribution in [0.1, 0.15) is 0 Å². The minimum absolute atomic E-state index is 0.311. The number of nitrogen functional groups attached to an aromatic ring is 1. The van der Waals surface area contributed by atoms with Gasteiger partial charge in [0.2, 0.25) is 0 Å². The second kappa shape index (κ2) is 4.36. The molecular weight excluding hydrogens is 182 g/mol. The number of amides is 2. The highest BCUT2D eigenvalue weighted by Crippen LogP contribution is 2.26. The lowest BCUT2D eigenvalue weighted by molar-refractivity contribution is 0.254. The Morgan fingerprint density at radius 1 is 1.50 bits per heavy atom. The molecule has 0 fully saturated rings. The van der Waals surface area contributed by atoms with Gasteiger partial charge in [0, 0.05) is 12.7 Å². The number of nitrogens with two attached hydrogens (primary N) is 1. The zero-order valence-corrected chi connectivity index (χ0v) is 8.13. The molecule has 14 heavy (non-hydrogen) atoms. The number of carbonyl (C=O) groups excluding carboxylic acids is 1. The normalized spacial score (nSPS) is 9.29. The molecule has 0 aliphatic rings. The van der Waals surface area contributed by atoms with Crippen molar-refractivity contribution in [2.75, 3.05) is 25.2 Å². The van der Waals surface area contributed by atoms with Crippen LogP contribution >= 0.6 is 0 Å². The summed E-state index contributed by atoms with van der Waals surface area (Å²) in [5.41, 5.74) is 6.69. The lowest BCUT2D eigenvalue weighted by Crippen LogP contribution is -2.24. The summed E-state index contributed by atoms with van der Waals surface area (Å²) in [4.78, 5) is 11.0. The van der Waals surface area contributed by atoms with Crippen LogP contribution < -0.4 is 21.1 Å². The van der Waals surface area contributed by atoms with Gasteiger partial charge < -0.3 is 21.1 Å². The van der Waals surface area contributed by atoms with E-state index in [1.165, 1.54) is 14.2 Å². The van der Waals surface area contributed by atoms with E-state index in [4.69, 9.17) is 10.5 Å². The van der Waals surface area contributed by atoms with Crippen LogP contribution in [0.15, 0.2) is 18.2 Å². The van der Waals surface area contributed by atoms with Gasteiger partial charge in [-0.05, 0) is 18.2 Å². The van der Waals surface area contributed by atoms with E-state index in [1.807, 2.05) is 0 Å². The van der Waals surface area contributed by atoms with Gasteiger partial charge in [-0.15, -0.1) is 0 Å². The number of benzene rings is 1. The Morgan fingerprint density at radius 2 is 2.21 bits per heavy atom. The van der Waals surface area contributed by atoms with Gasteiger partial charge in [-0.3, -0.25) is 0 Å². The van der Waals surface area contributed by atoms with Crippen LogP contribution in [-0.4, -0.2) is 20.2 Å². The van der Waals surface area contributed by atoms with E-state index in [2.05, 4.69) is 10.6 Å². The van der Waals surface area contributed by atoms with E-state index in [0.29, 0.717) is 17.1 Å². The van der Waals surface area contributed by atoms with Gasteiger partial charge in [-0.2, -0.15) is 0 Å². The van der Waals surface area contributed by atoms with E-state index >= 15 is 0 Å². The third kappa shape index (κ3) is 2.29. The zero-order chi connectivity index (χ0) is 10.6. The van der Waals surface area contributed by atoms with Crippen LogP contribution in [0.4, 0.5) is 16.2 Å². The summed E-state index contributed by atoms with van der Waals surface area (Å²) in [6.45, 7) is 0. The fraction of sp³-hybridized carbons (Fsp3) is 0.222. The van der Waals surface area contributed by atoms with Gasteiger partial charge in [0.25, 0.3) is 0 Å². The van der Waals surface area contributed by atoms with Gasteiger partial charge in [0.1, 0.15) is 5.75 Å². The maximum atomic E-state index is 11.0. The van der Waals surface area contributed by atoms with Crippen molar-refractivity contribution in [3.63, 3.8) is 0 Å². The smallest absolute Gasteiger partial charge is 0.319 e. The minimum Gasteiger partial charge on any atom is -0.495 e. The second-order valence-electron chi connectivity index (χ2n) is 2.66. The maximum Gasteiger partial charge on any atom is 0.319 e. The quantitative estimate of drug-likeness (QED) is 0.617. The summed E-state index contributed by atoms with van der Waals surface area (Å²) >= 11 is 0. The summed E-state index contributed by atoms with van der Waals surface area (Å²) in [7, 11) is 3.06. The number of ether oxygens (including phenoxy) is 1. The number of rotatable bonds is 2. The number of hydrogen-bond donors (Lipinski definition) is 3. The van der Waals surface area contributed by atoms with E-state index in [0.717, 1.165) is 0 Å². The highest BCUT2D eigenvalue weighted by molar-refractivity contribution is 5.91. The van der Waals surface area contributed by atoms with Crippen molar-refractivity contribution in [1.29, 1.82) is 0 Å². The number of nitrogens with one attached hydrogen (secondary N) is 2. The molecule has 4 N–H and O–H groups in total. The molecule has 5 heteroatoms. The molecule has 0 heterocycles. The zero-order valence-electron chi connectivity index (χ0n) is 8.13. The molecule has 0 bridgehead atoms. The number of urea groups is 1. The summed E-state index contributed by atoms with van der Waals surface area (Å²) in [5.74, 6) is 0.572. The van der Waals surface area contributed by atoms with Crippen LogP contribution in [0, 0.1) is 0 Å². The summed E-state index contributed by atoms with van der Waals surface area (Å²) in [5, 5.41) is 5.03. The van der Waals surface area contributed by atoms with Gasteiger partial charge >= 0.3 is 6.03 Å². The minimum atomic E-state index is -0.311. The largest absolute Gasteiger partial charge is 0.495 e. The fourth-order valence-corrected chi connectivity index (χ4v) is 1.01. The van der Waals surface area contributed by atoms with Gasteiger partial charge in [0.05, 0.1) is 12.8 Å². The van der Waals surface area contributed by atoms with E-state index < -0.39 is 0 Å². The van der Waals surface area contributed by atoms with Gasteiger partial charge in [-0.1, -0.05) is 0 Å². The number of carbonyl (C=O) groups is 1. The Morgan fingerprint density at radius 3 is 2.79 bits per heavy atom. The molecule has 0 saturated heterocycles. The Balaban J connectivity index is 2.93. The van der Waals surface area contributed by atoms with Gasteiger partial charge in [-0.25, -0.2) is 4.79 Å². The number of hydrogen-bond acceptors (Lipinski definition) is 3. The van der Waals surface area contributed by atoms with Crippen molar-refractivity contribution >= 4 is 17.4 Å². The molecule has 0 saturated carbocycles. The first-order valence-corrected chi connectivity index (χ1v) is 4.09. The van der Waals surface area contributed by atoms with E-state index in [1.54, 1.807) is 18.2 Å². The van der Waals surface area contributed by atoms with Crippen LogP contribution in [-0.2, 0) is 0 Å². The average Bonchev–Trinajstić information content (AvgIpc) is 2.18. The Kier molecular flexibility index (Phi) is 3.17. The van der Waals surface area contributed by atoms with Crippen LogP contribution in [0.3, 0.4) is 0 Å². The molecule has 0 atom stereocenters. The number of anilines is 2. The predicted octanol–water partition coefficient (Wildman–Crippen LogP) is 1.03. The van der Waals surface area contributed by atoms with Crippen molar-refractivity contribution in [3.8, 4) is 5.75 Å². The van der Waals surface area contributed by atoms with Crippen molar-refractivity contribution in [1.82, 2.24) is 5.32 Å². The molecule has 0 aliphatic carbocycles. The van der Waals surface area contributed by atoms with Crippen molar-refractivity contribution in [2.24, 2.45) is 0 Å². The highest BCUT2D eigenvalue weighted by atomic mass is 16.5. The molecule has 0 aliphatic heterocycles. The lowest BCUT2D eigenvalue weighted by Gasteiger charge is -2.10. The molecule has 2 amide bonds. The number of methoxy groups -OCH3 is 1. The van der Waals surface area contributed by atoms with E-state index in [-0.39, 0.29) is 6.03 Å². The predicted molar refractivity (Wildman–Crippen MR) is 55.5 cm³/mol. The second-order valence-corrected chi connectivity index (χ2v) is 2.66. The first-order valence-electron chi connectivity index (χ1n) is 4.09. The SMILES string of the molecule is CNC(=O)Nc1cc(N)ccc1OC. The third-order valence-electron chi connectivity index (χ3n) is 1.70. The molecule has 0 aromatic heterocycles. The summed E-state index contributed by atoms with van der Waals surface area (Å²) in [6, 6.07) is 4.72. The average molecular weight is 195 g/mol. The molecule has 1 aromatic carbocycles. The first-order chi connectivity index (χ1) is 6.67. The molecular formula is C9H13N3O2. The summed E-state index contributed by atoms with van der Waals surface area (Å²) < 4.78 is 5.05. The highest BCUT2D eigenvalue weighted by Gasteiger charge is 2.05. The molecule has 0 spiro atoms. The van der Waals surface area contributed by atoms with Gasteiger partial charge in [0.15, 0.2) is 0 Å². The molecule has 0 radical (unpaired) electrons. The Hall–Kier alpha value is -1.91. The van der Waals surface area contributed by atoms with E-state index in [9.17, 15) is 4.79 Å². The van der Waals surface area contributed by atoms with Crippen LogP contribution in [0.25, 0.3) is 0 Å². The molecule has 0 unspecified atom stereocenters.